The third-order valence-corrected chi connectivity index (χ3v) is 10.1. The summed E-state index contributed by atoms with van der Waals surface area (Å²) in [5, 5.41) is 18.6. The van der Waals surface area contributed by atoms with Crippen LogP contribution in [0.2, 0.25) is 0 Å². The second kappa shape index (κ2) is 16.5. The Balaban J connectivity index is 1.19. The molecular formula is C36H41F2N9O2S. The van der Waals surface area contributed by atoms with E-state index in [0.717, 1.165) is 51.7 Å². The van der Waals surface area contributed by atoms with Gasteiger partial charge in [0.15, 0.2) is 11.6 Å². The van der Waals surface area contributed by atoms with Gasteiger partial charge in [0.1, 0.15) is 11.0 Å². The van der Waals surface area contributed by atoms with Gasteiger partial charge >= 0.3 is 6.61 Å². The maximum Gasteiger partial charge on any atom is 0.387 e. The quantitative estimate of drug-likeness (QED) is 0.132. The first-order valence-corrected chi connectivity index (χ1v) is 17.3. The average Bonchev–Trinajstić information content (AvgIpc) is 3.44. The largest absolute Gasteiger partial charge is 0.432 e. The monoisotopic (exact) mass is 701 g/mol. The molecule has 0 saturated carbocycles. The summed E-state index contributed by atoms with van der Waals surface area (Å²) in [7, 11) is 2.36. The molecule has 0 amide bonds. The van der Waals surface area contributed by atoms with Crippen molar-refractivity contribution in [2.45, 2.75) is 43.7 Å². The number of rotatable bonds is 13. The Morgan fingerprint density at radius 3 is 2.74 bits per heavy atom. The Kier molecular flexibility index (Phi) is 11.9. The average molecular weight is 702 g/mol. The molecule has 0 spiro atoms. The van der Waals surface area contributed by atoms with E-state index in [1.165, 1.54) is 6.21 Å². The van der Waals surface area contributed by atoms with E-state index >= 15 is 0 Å². The Labute approximate surface area is 293 Å². The van der Waals surface area contributed by atoms with E-state index in [4.69, 9.17) is 5.73 Å². The summed E-state index contributed by atoms with van der Waals surface area (Å²) in [6.07, 6.45) is 11.2. The highest BCUT2D eigenvalue weighted by atomic mass is 32.2. The molecule has 3 N–H and O–H groups in total. The van der Waals surface area contributed by atoms with Gasteiger partial charge in [0, 0.05) is 51.0 Å². The van der Waals surface area contributed by atoms with Crippen molar-refractivity contribution in [3.63, 3.8) is 0 Å². The van der Waals surface area contributed by atoms with Crippen LogP contribution >= 0.6 is 0 Å². The number of fused-ring (bicyclic) bond motifs is 1. The number of benzene rings is 2. The number of alkyl halides is 2. The first-order chi connectivity index (χ1) is 24.1. The first kappa shape index (κ1) is 36.2. The predicted octanol–water partition coefficient (Wildman–Crippen LogP) is 5.72. The normalized spacial score (nSPS) is 17.5. The molecule has 2 atom stereocenters. The molecule has 0 aliphatic carbocycles. The minimum Gasteiger partial charge on any atom is -0.432 e. The van der Waals surface area contributed by atoms with E-state index in [1.807, 2.05) is 35.3 Å². The number of hydrogen-bond donors (Lipinski definition) is 2. The summed E-state index contributed by atoms with van der Waals surface area (Å²) in [5.41, 5.74) is 10.6. The molecule has 1 fully saturated rings. The molecular weight excluding hydrogens is 661 g/mol. The molecule has 1 aromatic heterocycles. The van der Waals surface area contributed by atoms with Gasteiger partial charge in [-0.25, -0.2) is 13.5 Å². The molecule has 1 saturated heterocycles. The number of nitrogens with zero attached hydrogens (tertiary/aromatic N) is 7. The third-order valence-electron chi connectivity index (χ3n) is 8.61. The van der Waals surface area contributed by atoms with Crippen molar-refractivity contribution in [2.24, 2.45) is 28.7 Å². The van der Waals surface area contributed by atoms with E-state index in [1.54, 1.807) is 12.1 Å². The third kappa shape index (κ3) is 8.71. The number of aromatic nitrogens is 2. The lowest BCUT2D eigenvalue weighted by Crippen LogP contribution is -2.36. The fourth-order valence-corrected chi connectivity index (χ4v) is 7.35. The van der Waals surface area contributed by atoms with Crippen molar-refractivity contribution in [1.29, 1.82) is 5.26 Å². The minimum atomic E-state index is -3.01. The summed E-state index contributed by atoms with van der Waals surface area (Å²) in [5.74, 6) is 0.803. The van der Waals surface area contributed by atoms with Crippen molar-refractivity contribution in [1.82, 2.24) is 19.0 Å². The fraction of sp³-hybridized carbons (Fsp3) is 0.333. The molecule has 0 radical (unpaired) electrons. The molecule has 2 aliphatic heterocycles. The zero-order chi connectivity index (χ0) is 35.8. The van der Waals surface area contributed by atoms with Gasteiger partial charge in [-0.3, -0.25) is 9.67 Å². The van der Waals surface area contributed by atoms with Gasteiger partial charge in [-0.2, -0.15) is 19.1 Å². The lowest BCUT2D eigenvalue weighted by molar-refractivity contribution is -0.0894. The van der Waals surface area contributed by atoms with Gasteiger partial charge in [0.05, 0.1) is 46.8 Å². The van der Waals surface area contributed by atoms with Gasteiger partial charge in [0.2, 0.25) is 0 Å². The van der Waals surface area contributed by atoms with Crippen LogP contribution in [0.1, 0.15) is 36.5 Å². The van der Waals surface area contributed by atoms with Crippen LogP contribution < -0.4 is 11.1 Å². The van der Waals surface area contributed by atoms with E-state index in [9.17, 15) is 18.3 Å². The van der Waals surface area contributed by atoms with Gasteiger partial charge in [0.25, 0.3) is 0 Å². The van der Waals surface area contributed by atoms with E-state index in [2.05, 4.69) is 80.0 Å². The van der Waals surface area contributed by atoms with Crippen molar-refractivity contribution in [3.8, 4) is 6.07 Å². The highest BCUT2D eigenvalue weighted by molar-refractivity contribution is 7.82. The number of nitrogens with two attached hydrogens (primary N) is 1. The van der Waals surface area contributed by atoms with Crippen LogP contribution in [0.25, 0.3) is 16.5 Å². The van der Waals surface area contributed by atoms with Crippen molar-refractivity contribution < 1.29 is 17.7 Å². The molecule has 3 heterocycles. The summed E-state index contributed by atoms with van der Waals surface area (Å²) in [6.45, 7) is 5.13. The Morgan fingerprint density at radius 2 is 2.06 bits per heavy atom. The van der Waals surface area contributed by atoms with Crippen LogP contribution in [0.5, 0.6) is 0 Å². The smallest absolute Gasteiger partial charge is 0.387 e. The van der Waals surface area contributed by atoms with Crippen molar-refractivity contribution >= 4 is 45.8 Å². The molecule has 2 aliphatic rings. The Bertz CT molecular complexity index is 1930. The molecule has 2 aromatic carbocycles. The Hall–Kier alpha value is -5.13. The minimum absolute atomic E-state index is 0.145. The fourth-order valence-electron chi connectivity index (χ4n) is 6.09. The number of nitrogens with one attached hydrogen (secondary N) is 1. The molecule has 50 heavy (non-hydrogen) atoms. The van der Waals surface area contributed by atoms with Crippen LogP contribution in [0.15, 0.2) is 93.9 Å². The molecule has 14 heteroatoms. The number of anilines is 1. The van der Waals surface area contributed by atoms with E-state index < -0.39 is 17.6 Å². The highest BCUT2D eigenvalue weighted by Gasteiger charge is 2.24. The number of aliphatic imine (C=N–C) groups is 2. The summed E-state index contributed by atoms with van der Waals surface area (Å²) in [6, 6.07) is 13.8. The van der Waals surface area contributed by atoms with Crippen LogP contribution in [0.3, 0.4) is 0 Å². The van der Waals surface area contributed by atoms with Crippen LogP contribution in [0, 0.1) is 17.2 Å². The zero-order valence-corrected chi connectivity index (χ0v) is 29.1. The molecule has 3 aromatic rings. The SMILES string of the molecule is C=C1C=C(c2ccc3c(NC)nn(C)c3c2)C=CN1CC(C)Cc1cc(S(=O)N2CCC(N=C/C(=C\N=CN)OC(F)F)CC2)ccc1C#N. The molecule has 0 bridgehead atoms. The molecule has 5 rings (SSSR count). The van der Waals surface area contributed by atoms with Crippen molar-refractivity contribution in [2.75, 3.05) is 32.0 Å². The lowest BCUT2D eigenvalue weighted by atomic mass is 9.96. The zero-order valence-electron chi connectivity index (χ0n) is 28.3. The summed E-state index contributed by atoms with van der Waals surface area (Å²) < 4.78 is 47.1. The number of piperidine rings is 1. The van der Waals surface area contributed by atoms with Crippen LogP contribution in [-0.2, 0) is 29.2 Å². The number of nitriles is 1. The number of allylic oxidation sites excluding steroid dienone is 4. The number of ether oxygens (including phenoxy) is 1. The number of halogens is 2. The highest BCUT2D eigenvalue weighted by Crippen LogP contribution is 2.30. The van der Waals surface area contributed by atoms with Gasteiger partial charge in [-0.1, -0.05) is 19.6 Å². The van der Waals surface area contributed by atoms with Crippen LogP contribution in [-0.4, -0.2) is 75.1 Å². The van der Waals surface area contributed by atoms with E-state index in [0.29, 0.717) is 49.4 Å². The van der Waals surface area contributed by atoms with Gasteiger partial charge < -0.3 is 20.7 Å². The maximum absolute atomic E-state index is 13.6. The van der Waals surface area contributed by atoms with Crippen molar-refractivity contribution in [3.05, 3.63) is 95.7 Å². The molecule has 11 nitrogen and oxygen atoms in total. The van der Waals surface area contributed by atoms with Gasteiger partial charge in [-0.15, -0.1) is 0 Å². The first-order valence-electron chi connectivity index (χ1n) is 16.2. The molecule has 262 valence electrons. The summed E-state index contributed by atoms with van der Waals surface area (Å²) >= 11 is 0. The second-order valence-corrected chi connectivity index (χ2v) is 13.6. The van der Waals surface area contributed by atoms with E-state index in [-0.39, 0.29) is 17.7 Å². The number of aryl methyl sites for hydroxylation is 1. The lowest BCUT2D eigenvalue weighted by Gasteiger charge is -2.29. The second-order valence-electron chi connectivity index (χ2n) is 12.1. The maximum atomic E-state index is 13.6. The number of hydrogen-bond acceptors (Lipinski definition) is 8. The Morgan fingerprint density at radius 1 is 1.28 bits per heavy atom. The van der Waals surface area contributed by atoms with Gasteiger partial charge in [-0.05, 0) is 84.4 Å². The standard InChI is InChI=1S/C36H41F2N9O2S/c1-24(22-46-12-9-27(16-25(46)2)26-6-8-33-34(18-26)45(4)44-35(33)41-3)15-29-17-32(7-5-28(29)19-39)50(48)47-13-10-30(11-14-47)43-21-31(20-42-23-40)49-36(37)38/h5-9,12,16-18,20-21,23-24,30,36H,2,10-11,13-15,22H2,1,3-4H3,(H2,40,42)(H,41,44)/b31-20+,43-21?. The summed E-state index contributed by atoms with van der Waals surface area (Å²) in [4.78, 5) is 10.7. The topological polar surface area (TPSA) is 137 Å². The van der Waals surface area contributed by atoms with Crippen LogP contribution in [0.4, 0.5) is 14.6 Å². The molecule has 2 unspecified atom stereocenters. The predicted molar refractivity (Wildman–Crippen MR) is 195 cm³/mol.